The van der Waals surface area contributed by atoms with Gasteiger partial charge in [0, 0.05) is 0 Å². The lowest BCUT2D eigenvalue weighted by Crippen LogP contribution is -2.39. The minimum Gasteiger partial charge on any atom is -0.242 e. The van der Waals surface area contributed by atoms with Crippen LogP contribution in [-0.2, 0) is 0 Å². The normalized spacial score (nSPS) is 15.0. The van der Waals surface area contributed by atoms with Crippen LogP contribution < -0.4 is 0 Å². The van der Waals surface area contributed by atoms with E-state index in [1.165, 1.54) is 11.4 Å². The zero-order valence-electron chi connectivity index (χ0n) is 9.77. The fourth-order valence-electron chi connectivity index (χ4n) is 1.40. The Morgan fingerprint density at radius 1 is 1.20 bits per heavy atom. The number of rotatable bonds is 6. The minimum absolute atomic E-state index is 0.193. The van der Waals surface area contributed by atoms with Crippen molar-refractivity contribution in [3.8, 4) is 0 Å². The summed E-state index contributed by atoms with van der Waals surface area (Å²) in [5, 5.41) is 0. The minimum atomic E-state index is -4.12. The molecule has 1 atom stereocenters. The molecule has 0 saturated carbocycles. The van der Waals surface area contributed by atoms with Crippen molar-refractivity contribution >= 4 is 11.9 Å². The molecule has 0 fully saturated rings. The van der Waals surface area contributed by atoms with E-state index in [1.54, 1.807) is 6.26 Å². The van der Waals surface area contributed by atoms with Crippen molar-refractivity contribution in [3.05, 3.63) is 0 Å². The van der Waals surface area contributed by atoms with Crippen molar-refractivity contribution in [1.82, 2.24) is 4.31 Å². The second-order valence-corrected chi connectivity index (χ2v) is 5.05. The van der Waals surface area contributed by atoms with Crippen LogP contribution in [0.2, 0.25) is 0 Å². The van der Waals surface area contributed by atoms with Crippen molar-refractivity contribution in [2.45, 2.75) is 45.3 Å². The first-order valence-corrected chi connectivity index (χ1v) is 6.30. The number of halogens is 3. The average molecular weight is 243 g/mol. The maximum Gasteiger partial charge on any atom is 0.404 e. The number of nitrogens with zero attached hydrogens (tertiary/aromatic N) is 1. The van der Waals surface area contributed by atoms with Gasteiger partial charge >= 0.3 is 6.18 Å². The highest BCUT2D eigenvalue weighted by atomic mass is 32.2. The van der Waals surface area contributed by atoms with Gasteiger partial charge in [-0.2, -0.15) is 13.2 Å². The molecular formula is C10H20F3NS. The molecule has 0 unspecified atom stereocenters. The van der Waals surface area contributed by atoms with Gasteiger partial charge in [0.2, 0.25) is 0 Å². The predicted octanol–water partition coefficient (Wildman–Crippen LogP) is 3.95. The van der Waals surface area contributed by atoms with E-state index in [1.807, 2.05) is 13.8 Å². The van der Waals surface area contributed by atoms with Crippen molar-refractivity contribution in [3.63, 3.8) is 0 Å². The Hall–Kier alpha value is 0.100. The van der Waals surface area contributed by atoms with Crippen molar-refractivity contribution in [1.29, 1.82) is 0 Å². The monoisotopic (exact) mass is 243 g/mol. The lowest BCUT2D eigenvalue weighted by atomic mass is 10.0. The van der Waals surface area contributed by atoms with E-state index in [0.717, 1.165) is 18.4 Å². The fourth-order valence-corrected chi connectivity index (χ4v) is 1.88. The third kappa shape index (κ3) is 6.30. The first-order valence-electron chi connectivity index (χ1n) is 5.12. The Balaban J connectivity index is 4.15. The molecule has 0 N–H and O–H groups in total. The highest BCUT2D eigenvalue weighted by Gasteiger charge is 2.41. The average Bonchev–Trinajstić information content (AvgIpc) is 2.09. The molecule has 0 heterocycles. The van der Waals surface area contributed by atoms with E-state index in [9.17, 15) is 13.2 Å². The Labute approximate surface area is 94.5 Å². The zero-order chi connectivity index (χ0) is 12.1. The number of hydrogen-bond acceptors (Lipinski definition) is 2. The van der Waals surface area contributed by atoms with Crippen LogP contribution in [0, 0.1) is 5.92 Å². The Morgan fingerprint density at radius 2 is 1.73 bits per heavy atom. The van der Waals surface area contributed by atoms with Crippen LogP contribution in [0.5, 0.6) is 0 Å². The van der Waals surface area contributed by atoms with Gasteiger partial charge in [0.1, 0.15) is 6.04 Å². The fraction of sp³-hybridized carbons (Fsp3) is 1.00. The highest BCUT2D eigenvalue weighted by Crippen LogP contribution is 2.30. The Kier molecular flexibility index (Phi) is 6.68. The van der Waals surface area contributed by atoms with Gasteiger partial charge < -0.3 is 0 Å². The predicted molar refractivity (Wildman–Crippen MR) is 59.8 cm³/mol. The molecule has 0 aromatic rings. The van der Waals surface area contributed by atoms with Crippen molar-refractivity contribution in [2.75, 3.05) is 13.3 Å². The lowest BCUT2D eigenvalue weighted by molar-refractivity contribution is -0.169. The molecule has 0 amide bonds. The molecule has 5 heteroatoms. The van der Waals surface area contributed by atoms with Crippen molar-refractivity contribution < 1.29 is 13.2 Å². The maximum atomic E-state index is 12.6. The van der Waals surface area contributed by atoms with Crippen molar-refractivity contribution in [2.24, 2.45) is 5.92 Å². The molecule has 0 spiro atoms. The molecule has 15 heavy (non-hydrogen) atoms. The zero-order valence-corrected chi connectivity index (χ0v) is 10.6. The van der Waals surface area contributed by atoms with Gasteiger partial charge in [0.15, 0.2) is 0 Å². The number of alkyl halides is 3. The summed E-state index contributed by atoms with van der Waals surface area (Å²) in [5.41, 5.74) is 0. The third-order valence-electron chi connectivity index (χ3n) is 2.36. The van der Waals surface area contributed by atoms with Crippen LogP contribution in [0.3, 0.4) is 0 Å². The molecule has 1 nitrogen and oxygen atoms in total. The van der Waals surface area contributed by atoms with E-state index in [2.05, 4.69) is 0 Å². The van der Waals surface area contributed by atoms with E-state index >= 15 is 0 Å². The molecule has 0 bridgehead atoms. The molecule has 0 aliphatic heterocycles. The summed E-state index contributed by atoms with van der Waals surface area (Å²) in [7, 11) is 1.50. The second kappa shape index (κ2) is 6.63. The maximum absolute atomic E-state index is 12.6. The van der Waals surface area contributed by atoms with Gasteiger partial charge in [0.05, 0.1) is 0 Å². The van der Waals surface area contributed by atoms with Gasteiger partial charge in [-0.05, 0) is 25.6 Å². The summed E-state index contributed by atoms with van der Waals surface area (Å²) < 4.78 is 39.2. The summed E-state index contributed by atoms with van der Waals surface area (Å²) in [6, 6.07) is -1.31. The molecule has 0 aliphatic carbocycles. The van der Waals surface area contributed by atoms with Crippen LogP contribution >= 0.6 is 11.9 Å². The molecule has 0 saturated heterocycles. The molecule has 0 aromatic carbocycles. The molecule has 0 aromatic heterocycles. The van der Waals surface area contributed by atoms with Gasteiger partial charge in [-0.15, -0.1) is 0 Å². The SMILES string of the molecule is CSN(C)[C@@H](CCCC(C)C)C(F)(F)F. The van der Waals surface area contributed by atoms with Crippen LogP contribution in [0.1, 0.15) is 33.1 Å². The molecular weight excluding hydrogens is 223 g/mol. The standard InChI is InChI=1S/C10H20F3NS/c1-8(2)6-5-7-9(10(11,12)13)14(3)15-4/h8-9H,5-7H2,1-4H3/t9-/m0/s1. The summed E-state index contributed by atoms with van der Waals surface area (Å²) in [6.45, 7) is 4.06. The first kappa shape index (κ1) is 15.1. The topological polar surface area (TPSA) is 3.24 Å². The van der Waals surface area contributed by atoms with Gasteiger partial charge in [-0.3, -0.25) is 0 Å². The first-order chi connectivity index (χ1) is 6.79. The van der Waals surface area contributed by atoms with E-state index in [0.29, 0.717) is 12.3 Å². The highest BCUT2D eigenvalue weighted by molar-refractivity contribution is 7.96. The number of hydrogen-bond donors (Lipinski definition) is 0. The van der Waals surface area contributed by atoms with Gasteiger partial charge in [-0.1, -0.05) is 38.6 Å². The van der Waals surface area contributed by atoms with E-state index in [4.69, 9.17) is 0 Å². The van der Waals surface area contributed by atoms with Crippen LogP contribution in [0.15, 0.2) is 0 Å². The quantitative estimate of drug-likeness (QED) is 0.650. The summed E-state index contributed by atoms with van der Waals surface area (Å²) >= 11 is 1.13. The molecule has 92 valence electrons. The lowest BCUT2D eigenvalue weighted by Gasteiger charge is -2.28. The third-order valence-corrected chi connectivity index (χ3v) is 3.19. The summed E-state index contributed by atoms with van der Waals surface area (Å²) in [4.78, 5) is 0. The van der Waals surface area contributed by atoms with Crippen LogP contribution in [0.25, 0.3) is 0 Å². The smallest absolute Gasteiger partial charge is 0.242 e. The molecule has 0 radical (unpaired) electrons. The largest absolute Gasteiger partial charge is 0.404 e. The summed E-state index contributed by atoms with van der Waals surface area (Å²) in [5.74, 6) is 0.471. The van der Waals surface area contributed by atoms with Gasteiger partial charge in [-0.25, -0.2) is 4.31 Å². The Morgan fingerprint density at radius 3 is 2.07 bits per heavy atom. The van der Waals surface area contributed by atoms with Crippen LogP contribution in [-0.4, -0.2) is 29.8 Å². The van der Waals surface area contributed by atoms with Gasteiger partial charge in [0.25, 0.3) is 0 Å². The summed E-state index contributed by atoms with van der Waals surface area (Å²) in [6.07, 6.45) is -0.767. The van der Waals surface area contributed by atoms with E-state index in [-0.39, 0.29) is 6.42 Å². The van der Waals surface area contributed by atoms with Crippen LogP contribution in [0.4, 0.5) is 13.2 Å². The molecule has 0 rings (SSSR count). The Bertz CT molecular complexity index is 171. The molecule has 0 aliphatic rings. The second-order valence-electron chi connectivity index (χ2n) is 4.11. The van der Waals surface area contributed by atoms with E-state index < -0.39 is 12.2 Å².